The molecule has 0 aromatic heterocycles. The Hall–Kier alpha value is -0.120. The minimum absolute atomic E-state index is 0.146. The highest BCUT2D eigenvalue weighted by atomic mass is 16.5. The zero-order valence-electron chi connectivity index (χ0n) is 8.92. The molecule has 0 radical (unpaired) electrons. The van der Waals surface area contributed by atoms with Gasteiger partial charge in [0.25, 0.3) is 0 Å². The van der Waals surface area contributed by atoms with Crippen molar-refractivity contribution in [2.75, 3.05) is 26.8 Å². The van der Waals surface area contributed by atoms with E-state index < -0.39 is 6.10 Å². The van der Waals surface area contributed by atoms with Gasteiger partial charge in [-0.05, 0) is 39.8 Å². The molecule has 1 fully saturated rings. The van der Waals surface area contributed by atoms with Crippen LogP contribution in [0, 0.1) is 0 Å². The topological polar surface area (TPSA) is 32.7 Å². The summed E-state index contributed by atoms with van der Waals surface area (Å²) in [6.07, 6.45) is 2.11. The van der Waals surface area contributed by atoms with Crippen LogP contribution in [-0.2, 0) is 4.74 Å². The number of likely N-dealkylation sites (tertiary alicyclic amines) is 1. The fourth-order valence-corrected chi connectivity index (χ4v) is 1.87. The van der Waals surface area contributed by atoms with Crippen LogP contribution in [0.4, 0.5) is 0 Å². The molecule has 0 spiro atoms. The standard InChI is InChI=1S/C10H21NO2/c1-10(2,9(12)8-13-3)11-6-4-5-7-11/h9,12H,4-8H2,1-3H3. The Morgan fingerprint density at radius 3 is 2.38 bits per heavy atom. The number of methoxy groups -OCH3 is 1. The maximum Gasteiger partial charge on any atom is 0.0951 e. The van der Waals surface area contributed by atoms with Crippen LogP contribution in [0.15, 0.2) is 0 Å². The zero-order valence-corrected chi connectivity index (χ0v) is 8.92. The van der Waals surface area contributed by atoms with Gasteiger partial charge >= 0.3 is 0 Å². The predicted molar refractivity (Wildman–Crippen MR) is 52.8 cm³/mol. The maximum atomic E-state index is 9.87. The average molecular weight is 187 g/mol. The second-order valence-electron chi connectivity index (χ2n) is 4.32. The van der Waals surface area contributed by atoms with E-state index in [-0.39, 0.29) is 5.54 Å². The first-order chi connectivity index (χ1) is 6.09. The van der Waals surface area contributed by atoms with Crippen LogP contribution in [0.25, 0.3) is 0 Å². The third kappa shape index (κ3) is 2.42. The van der Waals surface area contributed by atoms with Gasteiger partial charge in [0, 0.05) is 12.6 Å². The highest BCUT2D eigenvalue weighted by Crippen LogP contribution is 2.24. The van der Waals surface area contributed by atoms with Crippen LogP contribution < -0.4 is 0 Å². The van der Waals surface area contributed by atoms with Gasteiger partial charge in [-0.25, -0.2) is 0 Å². The average Bonchev–Trinajstić information content (AvgIpc) is 2.56. The predicted octanol–water partition coefficient (Wildman–Crippen LogP) is 0.868. The summed E-state index contributed by atoms with van der Waals surface area (Å²) < 4.78 is 4.97. The van der Waals surface area contributed by atoms with Crippen molar-refractivity contribution in [1.82, 2.24) is 4.90 Å². The van der Waals surface area contributed by atoms with Gasteiger partial charge in [0.2, 0.25) is 0 Å². The van der Waals surface area contributed by atoms with Crippen LogP contribution >= 0.6 is 0 Å². The first-order valence-corrected chi connectivity index (χ1v) is 5.01. The van der Waals surface area contributed by atoms with Crippen molar-refractivity contribution in [2.45, 2.75) is 38.3 Å². The molecule has 1 rings (SSSR count). The Bertz CT molecular complexity index is 153. The molecule has 13 heavy (non-hydrogen) atoms. The Labute approximate surface area is 80.7 Å². The Balaban J connectivity index is 2.51. The molecule has 78 valence electrons. The van der Waals surface area contributed by atoms with E-state index in [0.29, 0.717) is 6.61 Å². The molecule has 1 N–H and O–H groups in total. The second-order valence-corrected chi connectivity index (χ2v) is 4.32. The van der Waals surface area contributed by atoms with Crippen molar-refractivity contribution in [3.05, 3.63) is 0 Å². The summed E-state index contributed by atoms with van der Waals surface area (Å²) in [5.41, 5.74) is -0.146. The van der Waals surface area contributed by atoms with E-state index in [1.807, 2.05) is 0 Å². The molecule has 0 bridgehead atoms. The summed E-state index contributed by atoms with van der Waals surface area (Å²) >= 11 is 0. The van der Waals surface area contributed by atoms with Crippen molar-refractivity contribution in [3.8, 4) is 0 Å². The number of rotatable bonds is 4. The van der Waals surface area contributed by atoms with E-state index in [4.69, 9.17) is 4.74 Å². The molecule has 1 saturated heterocycles. The molecule has 0 aromatic rings. The molecule has 0 aliphatic carbocycles. The van der Waals surface area contributed by atoms with E-state index in [1.54, 1.807) is 7.11 Å². The summed E-state index contributed by atoms with van der Waals surface area (Å²) in [6.45, 7) is 6.80. The smallest absolute Gasteiger partial charge is 0.0951 e. The van der Waals surface area contributed by atoms with Gasteiger partial charge in [-0.3, -0.25) is 4.90 Å². The van der Waals surface area contributed by atoms with Gasteiger partial charge in [0.15, 0.2) is 0 Å². The molecule has 0 saturated carbocycles. The number of nitrogens with zero attached hydrogens (tertiary/aromatic N) is 1. The van der Waals surface area contributed by atoms with Gasteiger partial charge in [-0.2, -0.15) is 0 Å². The fourth-order valence-electron chi connectivity index (χ4n) is 1.87. The van der Waals surface area contributed by atoms with Crippen LogP contribution in [0.3, 0.4) is 0 Å². The monoisotopic (exact) mass is 187 g/mol. The SMILES string of the molecule is COCC(O)C(C)(C)N1CCCC1. The molecule has 0 amide bonds. The number of aliphatic hydroxyl groups excluding tert-OH is 1. The van der Waals surface area contributed by atoms with Crippen molar-refractivity contribution in [1.29, 1.82) is 0 Å². The lowest BCUT2D eigenvalue weighted by atomic mass is 9.96. The van der Waals surface area contributed by atoms with Gasteiger partial charge < -0.3 is 9.84 Å². The fraction of sp³-hybridized carbons (Fsp3) is 1.00. The summed E-state index contributed by atoms with van der Waals surface area (Å²) in [5, 5.41) is 9.87. The summed E-state index contributed by atoms with van der Waals surface area (Å²) in [4.78, 5) is 2.34. The highest BCUT2D eigenvalue weighted by molar-refractivity contribution is 4.90. The quantitative estimate of drug-likeness (QED) is 0.709. The Morgan fingerprint density at radius 1 is 1.38 bits per heavy atom. The Morgan fingerprint density at radius 2 is 1.92 bits per heavy atom. The first kappa shape index (κ1) is 11.0. The van der Waals surface area contributed by atoms with Crippen LogP contribution in [0.5, 0.6) is 0 Å². The van der Waals surface area contributed by atoms with Gasteiger partial charge in [-0.15, -0.1) is 0 Å². The lowest BCUT2D eigenvalue weighted by Crippen LogP contribution is -2.52. The zero-order chi connectivity index (χ0) is 9.90. The number of hydrogen-bond donors (Lipinski definition) is 1. The molecule has 1 aliphatic heterocycles. The third-order valence-electron chi connectivity index (χ3n) is 3.06. The number of aliphatic hydroxyl groups is 1. The molecule has 1 atom stereocenters. The van der Waals surface area contributed by atoms with E-state index in [0.717, 1.165) is 13.1 Å². The maximum absolute atomic E-state index is 9.87. The van der Waals surface area contributed by atoms with Crippen molar-refractivity contribution < 1.29 is 9.84 Å². The molecule has 3 nitrogen and oxygen atoms in total. The normalized spacial score (nSPS) is 22.2. The lowest BCUT2D eigenvalue weighted by molar-refractivity contribution is -0.0392. The summed E-state index contributed by atoms with van der Waals surface area (Å²) in [5.74, 6) is 0. The van der Waals surface area contributed by atoms with E-state index in [1.165, 1.54) is 12.8 Å². The van der Waals surface area contributed by atoms with E-state index in [2.05, 4.69) is 18.7 Å². The van der Waals surface area contributed by atoms with Crippen molar-refractivity contribution >= 4 is 0 Å². The van der Waals surface area contributed by atoms with Gasteiger partial charge in [0.1, 0.15) is 0 Å². The second kappa shape index (κ2) is 4.40. The molecule has 1 aliphatic rings. The van der Waals surface area contributed by atoms with Gasteiger partial charge in [-0.1, -0.05) is 0 Å². The summed E-state index contributed by atoms with van der Waals surface area (Å²) in [6, 6.07) is 0. The van der Waals surface area contributed by atoms with Crippen molar-refractivity contribution in [2.24, 2.45) is 0 Å². The largest absolute Gasteiger partial charge is 0.389 e. The minimum Gasteiger partial charge on any atom is -0.389 e. The van der Waals surface area contributed by atoms with Crippen molar-refractivity contribution in [3.63, 3.8) is 0 Å². The van der Waals surface area contributed by atoms with Crippen LogP contribution in [0.1, 0.15) is 26.7 Å². The minimum atomic E-state index is -0.393. The molecule has 3 heteroatoms. The lowest BCUT2D eigenvalue weighted by Gasteiger charge is -2.39. The summed E-state index contributed by atoms with van der Waals surface area (Å²) in [7, 11) is 1.63. The van der Waals surface area contributed by atoms with Crippen LogP contribution in [0.2, 0.25) is 0 Å². The first-order valence-electron chi connectivity index (χ1n) is 5.01. The Kier molecular flexibility index (Phi) is 3.71. The number of ether oxygens (including phenoxy) is 1. The molecule has 1 heterocycles. The molecular weight excluding hydrogens is 166 g/mol. The van der Waals surface area contributed by atoms with Crippen LogP contribution in [-0.4, -0.2) is 48.5 Å². The molecular formula is C10H21NO2. The van der Waals surface area contributed by atoms with E-state index in [9.17, 15) is 5.11 Å². The third-order valence-corrected chi connectivity index (χ3v) is 3.06. The highest BCUT2D eigenvalue weighted by Gasteiger charge is 2.35. The molecule has 0 aromatic carbocycles. The number of hydrogen-bond acceptors (Lipinski definition) is 3. The van der Waals surface area contributed by atoms with Gasteiger partial charge in [0.05, 0.1) is 12.7 Å². The van der Waals surface area contributed by atoms with E-state index >= 15 is 0 Å². The molecule has 1 unspecified atom stereocenters.